The Hall–Kier alpha value is -3.19. The van der Waals surface area contributed by atoms with Gasteiger partial charge in [-0.05, 0) is 30.2 Å². The minimum absolute atomic E-state index is 0.0918. The van der Waals surface area contributed by atoms with E-state index in [-0.39, 0.29) is 11.9 Å². The predicted molar refractivity (Wildman–Crippen MR) is 110 cm³/mol. The molecule has 4 rings (SSSR count). The number of benzene rings is 1. The van der Waals surface area contributed by atoms with Crippen LogP contribution in [0.4, 0.5) is 0 Å². The number of ether oxygens (including phenoxy) is 1. The molecule has 1 aliphatic heterocycles. The van der Waals surface area contributed by atoms with Crippen LogP contribution in [0.25, 0.3) is 5.69 Å². The number of amides is 1. The second-order valence-corrected chi connectivity index (χ2v) is 6.98. The maximum Gasteiger partial charge on any atom is 0.278 e. The van der Waals surface area contributed by atoms with Gasteiger partial charge in [-0.25, -0.2) is 4.68 Å². The second-order valence-electron chi connectivity index (χ2n) is 6.98. The lowest BCUT2D eigenvalue weighted by molar-refractivity contribution is 0.0623. The molecule has 29 heavy (non-hydrogen) atoms. The molecular formula is C22H25N5O2. The van der Waals surface area contributed by atoms with E-state index >= 15 is 0 Å². The van der Waals surface area contributed by atoms with E-state index in [9.17, 15) is 4.79 Å². The Morgan fingerprint density at radius 2 is 2.10 bits per heavy atom. The van der Waals surface area contributed by atoms with Crippen molar-refractivity contribution >= 4 is 5.91 Å². The fourth-order valence-electron chi connectivity index (χ4n) is 3.49. The van der Waals surface area contributed by atoms with E-state index < -0.39 is 0 Å². The van der Waals surface area contributed by atoms with Gasteiger partial charge < -0.3 is 15.0 Å². The lowest BCUT2D eigenvalue weighted by Gasteiger charge is -2.36. The maximum atomic E-state index is 13.5. The Morgan fingerprint density at radius 3 is 2.86 bits per heavy atom. The van der Waals surface area contributed by atoms with Crippen molar-refractivity contribution in [3.8, 4) is 11.4 Å². The van der Waals surface area contributed by atoms with Crippen LogP contribution >= 0.6 is 0 Å². The number of hydrogen-bond acceptors (Lipinski definition) is 5. The molecule has 0 saturated carbocycles. The summed E-state index contributed by atoms with van der Waals surface area (Å²) in [7, 11) is 0. The van der Waals surface area contributed by atoms with Crippen molar-refractivity contribution in [1.82, 2.24) is 25.0 Å². The third-order valence-electron chi connectivity index (χ3n) is 4.94. The fraction of sp³-hybridized carbons (Fsp3) is 0.318. The van der Waals surface area contributed by atoms with Crippen molar-refractivity contribution in [1.29, 1.82) is 0 Å². The lowest BCUT2D eigenvalue weighted by atomic mass is 10.0. The normalized spacial score (nSPS) is 16.6. The fourth-order valence-corrected chi connectivity index (χ4v) is 3.49. The highest BCUT2D eigenvalue weighted by molar-refractivity contribution is 5.95. The Kier molecular flexibility index (Phi) is 5.86. The first kappa shape index (κ1) is 19.1. The van der Waals surface area contributed by atoms with E-state index in [1.54, 1.807) is 17.1 Å². The van der Waals surface area contributed by atoms with Crippen molar-refractivity contribution in [2.24, 2.45) is 0 Å². The summed E-state index contributed by atoms with van der Waals surface area (Å²) >= 11 is 0. The van der Waals surface area contributed by atoms with E-state index in [1.165, 1.54) is 0 Å². The summed E-state index contributed by atoms with van der Waals surface area (Å²) in [5.74, 6) is 0.394. The zero-order valence-corrected chi connectivity index (χ0v) is 16.5. The molecule has 0 bridgehead atoms. The molecule has 1 amide bonds. The molecule has 3 heterocycles. The van der Waals surface area contributed by atoms with Crippen LogP contribution in [0, 0.1) is 0 Å². The SMILES string of the molecule is CCCOc1cn(-c2ccccc2)nc1C(=O)N1CCNCC1c1cccnc1. The van der Waals surface area contributed by atoms with Crippen LogP contribution in [0.2, 0.25) is 0 Å². The summed E-state index contributed by atoms with van der Waals surface area (Å²) < 4.78 is 7.59. The van der Waals surface area contributed by atoms with Crippen LogP contribution in [0.15, 0.2) is 61.1 Å². The Morgan fingerprint density at radius 1 is 1.24 bits per heavy atom. The topological polar surface area (TPSA) is 72.3 Å². The predicted octanol–water partition coefficient (Wildman–Crippen LogP) is 2.84. The third kappa shape index (κ3) is 4.14. The first-order chi connectivity index (χ1) is 14.3. The second kappa shape index (κ2) is 8.87. The van der Waals surface area contributed by atoms with Crippen LogP contribution in [0.5, 0.6) is 5.75 Å². The van der Waals surface area contributed by atoms with Gasteiger partial charge in [-0.3, -0.25) is 9.78 Å². The lowest BCUT2D eigenvalue weighted by Crippen LogP contribution is -2.48. The number of piperazine rings is 1. The molecule has 2 aromatic heterocycles. The van der Waals surface area contributed by atoms with Gasteiger partial charge in [0.2, 0.25) is 0 Å². The largest absolute Gasteiger partial charge is 0.489 e. The van der Waals surface area contributed by atoms with Crippen molar-refractivity contribution in [3.05, 3.63) is 72.3 Å². The molecule has 0 radical (unpaired) electrons. The molecule has 7 nitrogen and oxygen atoms in total. The summed E-state index contributed by atoms with van der Waals surface area (Å²) in [5, 5.41) is 7.97. The molecule has 0 spiro atoms. The smallest absolute Gasteiger partial charge is 0.278 e. The van der Waals surface area contributed by atoms with Crippen LogP contribution in [0.1, 0.15) is 35.4 Å². The first-order valence-electron chi connectivity index (χ1n) is 9.97. The van der Waals surface area contributed by atoms with Gasteiger partial charge >= 0.3 is 0 Å². The van der Waals surface area contributed by atoms with Crippen molar-refractivity contribution in [3.63, 3.8) is 0 Å². The quantitative estimate of drug-likeness (QED) is 0.700. The number of carbonyl (C=O) groups excluding carboxylic acids is 1. The molecule has 1 N–H and O–H groups in total. The van der Waals surface area contributed by atoms with Gasteiger partial charge in [-0.1, -0.05) is 31.2 Å². The zero-order valence-electron chi connectivity index (χ0n) is 16.5. The Balaban J connectivity index is 1.68. The number of rotatable bonds is 6. The van der Waals surface area contributed by atoms with E-state index in [1.807, 2.05) is 60.5 Å². The number of hydrogen-bond donors (Lipinski definition) is 1. The highest BCUT2D eigenvalue weighted by Crippen LogP contribution is 2.27. The minimum Gasteiger partial charge on any atom is -0.489 e. The zero-order chi connectivity index (χ0) is 20.1. The molecule has 1 aliphatic rings. The van der Waals surface area contributed by atoms with Gasteiger partial charge in [0, 0.05) is 32.0 Å². The number of nitrogens with zero attached hydrogens (tertiary/aromatic N) is 4. The highest BCUT2D eigenvalue weighted by Gasteiger charge is 2.32. The highest BCUT2D eigenvalue weighted by atomic mass is 16.5. The minimum atomic E-state index is -0.124. The van der Waals surface area contributed by atoms with Gasteiger partial charge in [0.15, 0.2) is 11.4 Å². The van der Waals surface area contributed by atoms with E-state index in [2.05, 4.69) is 15.4 Å². The van der Waals surface area contributed by atoms with Gasteiger partial charge in [0.05, 0.1) is 24.5 Å². The number of aromatic nitrogens is 3. The van der Waals surface area contributed by atoms with Crippen molar-refractivity contribution < 1.29 is 9.53 Å². The molecule has 7 heteroatoms. The third-order valence-corrected chi connectivity index (χ3v) is 4.94. The maximum absolute atomic E-state index is 13.5. The van der Waals surface area contributed by atoms with Crippen LogP contribution in [0.3, 0.4) is 0 Å². The van der Waals surface area contributed by atoms with Crippen molar-refractivity contribution in [2.75, 3.05) is 26.2 Å². The molecule has 150 valence electrons. The average Bonchev–Trinajstić information content (AvgIpc) is 3.22. The van der Waals surface area contributed by atoms with Gasteiger partial charge in [0.25, 0.3) is 5.91 Å². The molecule has 1 saturated heterocycles. The number of carbonyl (C=O) groups is 1. The van der Waals surface area contributed by atoms with Crippen LogP contribution in [-0.2, 0) is 0 Å². The van der Waals surface area contributed by atoms with Gasteiger partial charge in [0.1, 0.15) is 0 Å². The summed E-state index contributed by atoms with van der Waals surface area (Å²) in [5.41, 5.74) is 2.24. The van der Waals surface area contributed by atoms with Crippen molar-refractivity contribution in [2.45, 2.75) is 19.4 Å². The molecule has 1 aromatic carbocycles. The molecular weight excluding hydrogens is 366 g/mol. The van der Waals surface area contributed by atoms with Crippen LogP contribution in [-0.4, -0.2) is 51.8 Å². The van der Waals surface area contributed by atoms with Crippen LogP contribution < -0.4 is 10.1 Å². The summed E-state index contributed by atoms with van der Waals surface area (Å²) in [6.45, 7) is 4.60. The van der Waals surface area contributed by atoms with E-state index in [0.29, 0.717) is 31.1 Å². The number of nitrogens with one attached hydrogen (secondary N) is 1. The Labute approximate surface area is 170 Å². The summed E-state index contributed by atoms with van der Waals surface area (Å²) in [6, 6.07) is 13.6. The molecule has 0 aliphatic carbocycles. The van der Waals surface area contributed by atoms with E-state index in [0.717, 1.165) is 24.2 Å². The van der Waals surface area contributed by atoms with E-state index in [4.69, 9.17) is 4.74 Å². The standard InChI is InChI=1S/C22H25N5O2/c1-2-13-29-20-16-27(18-8-4-3-5-9-18)25-21(20)22(28)26-12-11-24-15-19(26)17-7-6-10-23-14-17/h3-10,14,16,19,24H,2,11-13,15H2,1H3. The summed E-state index contributed by atoms with van der Waals surface area (Å²) in [4.78, 5) is 19.6. The Bertz CT molecular complexity index is 942. The van der Waals surface area contributed by atoms with Gasteiger partial charge in [-0.15, -0.1) is 0 Å². The number of para-hydroxylation sites is 1. The monoisotopic (exact) mass is 391 g/mol. The average molecular weight is 391 g/mol. The molecule has 1 fully saturated rings. The summed E-state index contributed by atoms with van der Waals surface area (Å²) in [6.07, 6.45) is 6.20. The van der Waals surface area contributed by atoms with Gasteiger partial charge in [-0.2, -0.15) is 5.10 Å². The first-order valence-corrected chi connectivity index (χ1v) is 9.97. The molecule has 1 unspecified atom stereocenters. The molecule has 3 aromatic rings. The molecule has 1 atom stereocenters. The number of pyridine rings is 1.